The van der Waals surface area contributed by atoms with Crippen molar-refractivity contribution in [1.82, 2.24) is 0 Å². The topological polar surface area (TPSA) is 25.5 Å². The van der Waals surface area contributed by atoms with Crippen molar-refractivity contribution >= 4 is 5.71 Å². The summed E-state index contributed by atoms with van der Waals surface area (Å²) in [6.07, 6.45) is 6.78. The van der Waals surface area contributed by atoms with Gasteiger partial charge < -0.3 is 4.42 Å². The highest BCUT2D eigenvalue weighted by atomic mass is 16.3. The summed E-state index contributed by atoms with van der Waals surface area (Å²) in [7, 11) is 0. The van der Waals surface area contributed by atoms with E-state index >= 15 is 0 Å². The van der Waals surface area contributed by atoms with Gasteiger partial charge in [-0.15, -0.1) is 0 Å². The first-order valence-electron chi connectivity index (χ1n) is 4.99. The highest BCUT2D eigenvalue weighted by Gasteiger charge is 2.07. The van der Waals surface area contributed by atoms with Gasteiger partial charge in [0.25, 0.3) is 0 Å². The van der Waals surface area contributed by atoms with E-state index in [2.05, 4.69) is 18.0 Å². The lowest BCUT2D eigenvalue weighted by Crippen LogP contribution is -1.96. The van der Waals surface area contributed by atoms with Crippen LogP contribution in [0.3, 0.4) is 0 Å². The van der Waals surface area contributed by atoms with E-state index in [4.69, 9.17) is 4.42 Å². The molecular weight excluding hydrogens is 174 g/mol. The third-order valence-electron chi connectivity index (χ3n) is 2.40. The lowest BCUT2D eigenvalue weighted by atomic mass is 10.1. The zero-order chi connectivity index (χ0) is 9.97. The van der Waals surface area contributed by atoms with E-state index in [1.165, 1.54) is 16.8 Å². The van der Waals surface area contributed by atoms with Crippen LogP contribution in [0.5, 0.6) is 0 Å². The molecule has 74 valence electrons. The van der Waals surface area contributed by atoms with E-state index in [0.717, 1.165) is 25.0 Å². The molecular formula is C12H15NO. The number of allylic oxidation sites excluding steroid dienone is 1. The molecule has 1 aliphatic rings. The molecule has 0 spiro atoms. The molecule has 0 saturated carbocycles. The van der Waals surface area contributed by atoms with Gasteiger partial charge in [-0.3, -0.25) is 4.99 Å². The van der Waals surface area contributed by atoms with Crippen LogP contribution < -0.4 is 0 Å². The Morgan fingerprint density at radius 2 is 2.21 bits per heavy atom. The number of hydrogen-bond donors (Lipinski definition) is 0. The van der Waals surface area contributed by atoms with E-state index in [0.29, 0.717) is 0 Å². The third kappa shape index (κ3) is 2.13. The Balaban J connectivity index is 1.84. The summed E-state index contributed by atoms with van der Waals surface area (Å²) < 4.78 is 5.38. The first-order chi connectivity index (χ1) is 6.74. The number of hydrogen-bond acceptors (Lipinski definition) is 2. The Hall–Kier alpha value is -1.31. The Morgan fingerprint density at radius 1 is 1.36 bits per heavy atom. The SMILES string of the molecule is CC1=CN=C(CCc2cc(C)co2)C1. The minimum absolute atomic E-state index is 0.966. The summed E-state index contributed by atoms with van der Waals surface area (Å²) in [6, 6.07) is 2.09. The van der Waals surface area contributed by atoms with Crippen LogP contribution in [0.2, 0.25) is 0 Å². The van der Waals surface area contributed by atoms with Gasteiger partial charge in [0.1, 0.15) is 5.76 Å². The van der Waals surface area contributed by atoms with E-state index in [-0.39, 0.29) is 0 Å². The Kier molecular flexibility index (Phi) is 2.53. The number of rotatable bonds is 3. The molecule has 0 amide bonds. The summed E-state index contributed by atoms with van der Waals surface area (Å²) in [4.78, 5) is 4.35. The molecule has 2 heterocycles. The zero-order valence-corrected chi connectivity index (χ0v) is 8.71. The molecule has 0 saturated heterocycles. The van der Waals surface area contributed by atoms with Crippen LogP contribution in [0.1, 0.15) is 31.1 Å². The fourth-order valence-corrected chi connectivity index (χ4v) is 1.66. The van der Waals surface area contributed by atoms with E-state index in [1.807, 2.05) is 13.1 Å². The van der Waals surface area contributed by atoms with Gasteiger partial charge in [0, 0.05) is 24.8 Å². The number of aryl methyl sites for hydroxylation is 2. The van der Waals surface area contributed by atoms with Crippen LogP contribution >= 0.6 is 0 Å². The maximum absolute atomic E-state index is 5.38. The highest BCUT2D eigenvalue weighted by molar-refractivity contribution is 5.89. The second-order valence-corrected chi connectivity index (χ2v) is 3.94. The van der Waals surface area contributed by atoms with E-state index in [1.54, 1.807) is 6.26 Å². The van der Waals surface area contributed by atoms with Crippen molar-refractivity contribution in [3.63, 3.8) is 0 Å². The number of nitrogens with zero attached hydrogens (tertiary/aromatic N) is 1. The highest BCUT2D eigenvalue weighted by Crippen LogP contribution is 2.15. The largest absolute Gasteiger partial charge is 0.469 e. The molecule has 0 bridgehead atoms. The Morgan fingerprint density at radius 3 is 2.79 bits per heavy atom. The van der Waals surface area contributed by atoms with Crippen LogP contribution in [0.25, 0.3) is 0 Å². The molecule has 1 aliphatic heterocycles. The van der Waals surface area contributed by atoms with Gasteiger partial charge in [0.05, 0.1) is 6.26 Å². The van der Waals surface area contributed by atoms with Crippen molar-refractivity contribution in [2.24, 2.45) is 4.99 Å². The summed E-state index contributed by atoms with van der Waals surface area (Å²) in [5.41, 5.74) is 3.83. The monoisotopic (exact) mass is 189 g/mol. The molecule has 2 rings (SSSR count). The fraction of sp³-hybridized carbons (Fsp3) is 0.417. The molecule has 0 aliphatic carbocycles. The Bertz CT molecular complexity index is 385. The average molecular weight is 189 g/mol. The number of aliphatic imine (C=N–C) groups is 1. The minimum atomic E-state index is 0.966. The first kappa shape index (κ1) is 9.25. The molecule has 0 fully saturated rings. The van der Waals surface area contributed by atoms with Gasteiger partial charge in [-0.05, 0) is 37.5 Å². The lowest BCUT2D eigenvalue weighted by molar-refractivity contribution is 0.510. The molecule has 0 radical (unpaired) electrons. The van der Waals surface area contributed by atoms with Crippen molar-refractivity contribution in [3.05, 3.63) is 35.4 Å². The van der Waals surface area contributed by atoms with Crippen LogP contribution in [0.4, 0.5) is 0 Å². The predicted molar refractivity (Wildman–Crippen MR) is 57.6 cm³/mol. The molecule has 1 aromatic rings. The van der Waals surface area contributed by atoms with Crippen molar-refractivity contribution < 1.29 is 4.42 Å². The maximum atomic E-state index is 5.38. The predicted octanol–water partition coefficient (Wildman–Crippen LogP) is 3.27. The lowest BCUT2D eigenvalue weighted by Gasteiger charge is -1.98. The smallest absolute Gasteiger partial charge is 0.104 e. The summed E-state index contributed by atoms with van der Waals surface area (Å²) in [5.74, 6) is 1.06. The summed E-state index contributed by atoms with van der Waals surface area (Å²) in [5, 5.41) is 0. The van der Waals surface area contributed by atoms with Gasteiger partial charge in [-0.2, -0.15) is 0 Å². The van der Waals surface area contributed by atoms with Crippen LogP contribution in [-0.4, -0.2) is 5.71 Å². The van der Waals surface area contributed by atoms with E-state index < -0.39 is 0 Å². The Labute approximate surface area is 84.3 Å². The fourth-order valence-electron chi connectivity index (χ4n) is 1.66. The molecule has 1 aromatic heterocycles. The number of furan rings is 1. The van der Waals surface area contributed by atoms with Crippen molar-refractivity contribution in [1.29, 1.82) is 0 Å². The maximum Gasteiger partial charge on any atom is 0.104 e. The molecule has 0 N–H and O–H groups in total. The van der Waals surface area contributed by atoms with Gasteiger partial charge in [-0.1, -0.05) is 0 Å². The van der Waals surface area contributed by atoms with Crippen LogP contribution in [-0.2, 0) is 6.42 Å². The van der Waals surface area contributed by atoms with Crippen molar-refractivity contribution in [2.45, 2.75) is 33.1 Å². The third-order valence-corrected chi connectivity index (χ3v) is 2.40. The molecule has 2 nitrogen and oxygen atoms in total. The first-order valence-corrected chi connectivity index (χ1v) is 4.99. The molecule has 0 unspecified atom stereocenters. The normalized spacial score (nSPS) is 15.6. The minimum Gasteiger partial charge on any atom is -0.469 e. The van der Waals surface area contributed by atoms with Crippen molar-refractivity contribution in [2.75, 3.05) is 0 Å². The second-order valence-electron chi connectivity index (χ2n) is 3.94. The molecule has 0 atom stereocenters. The standard InChI is InChI=1S/C12H15NO/c1-9-5-11(13-7-9)3-4-12-6-10(2)8-14-12/h6-8H,3-5H2,1-2H3. The summed E-state index contributed by atoms with van der Waals surface area (Å²) in [6.45, 7) is 4.17. The van der Waals surface area contributed by atoms with Crippen molar-refractivity contribution in [3.8, 4) is 0 Å². The average Bonchev–Trinajstić information content (AvgIpc) is 2.72. The molecule has 0 aromatic carbocycles. The van der Waals surface area contributed by atoms with Gasteiger partial charge in [0.2, 0.25) is 0 Å². The van der Waals surface area contributed by atoms with Gasteiger partial charge in [0.15, 0.2) is 0 Å². The van der Waals surface area contributed by atoms with Crippen LogP contribution in [0.15, 0.2) is 33.5 Å². The zero-order valence-electron chi connectivity index (χ0n) is 8.71. The summed E-state index contributed by atoms with van der Waals surface area (Å²) >= 11 is 0. The second kappa shape index (κ2) is 3.82. The van der Waals surface area contributed by atoms with Crippen LogP contribution in [0, 0.1) is 6.92 Å². The van der Waals surface area contributed by atoms with Gasteiger partial charge >= 0.3 is 0 Å². The quantitative estimate of drug-likeness (QED) is 0.716. The molecule has 14 heavy (non-hydrogen) atoms. The van der Waals surface area contributed by atoms with E-state index in [9.17, 15) is 0 Å². The molecule has 2 heteroatoms. The van der Waals surface area contributed by atoms with Gasteiger partial charge in [-0.25, -0.2) is 0 Å².